The van der Waals surface area contributed by atoms with Crippen molar-refractivity contribution in [3.63, 3.8) is 0 Å². The van der Waals surface area contributed by atoms with E-state index in [0.717, 1.165) is 35.7 Å². The predicted octanol–water partition coefficient (Wildman–Crippen LogP) is 4.86. The molecule has 4 heteroatoms. The molecule has 0 aliphatic carbocycles. The number of hydrogen-bond acceptors (Lipinski definition) is 3. The minimum Gasteiger partial charge on any atom is -0.481 e. The number of rotatable bonds is 7. The number of carbonyl (C=O) groups excluding carboxylic acids is 1. The highest BCUT2D eigenvalue weighted by atomic mass is 16.5. The van der Waals surface area contributed by atoms with Gasteiger partial charge in [-0.1, -0.05) is 17.7 Å². The van der Waals surface area contributed by atoms with Gasteiger partial charge in [-0.3, -0.25) is 4.79 Å². The standard InChI is InChI=1S/C22H30N2O2/c1-7-24(8-2)19-10-11-20(16(4)14-19)23-22(25)18(6)26-21-12-9-15(3)13-17(21)5/h9-14,18H,7-8H2,1-6H3,(H,23,25)/t18-/m0/s1. The minimum absolute atomic E-state index is 0.149. The normalized spacial score (nSPS) is 11.8. The van der Waals surface area contributed by atoms with Crippen LogP contribution in [0.3, 0.4) is 0 Å². The van der Waals surface area contributed by atoms with Crippen LogP contribution in [0.5, 0.6) is 5.75 Å². The molecule has 4 nitrogen and oxygen atoms in total. The van der Waals surface area contributed by atoms with E-state index < -0.39 is 6.10 Å². The number of benzene rings is 2. The molecule has 0 radical (unpaired) electrons. The fourth-order valence-electron chi connectivity index (χ4n) is 2.98. The molecule has 0 saturated carbocycles. The summed E-state index contributed by atoms with van der Waals surface area (Å²) in [5.74, 6) is 0.593. The molecule has 0 aromatic heterocycles. The van der Waals surface area contributed by atoms with E-state index in [1.54, 1.807) is 6.92 Å². The summed E-state index contributed by atoms with van der Waals surface area (Å²) in [6, 6.07) is 12.1. The van der Waals surface area contributed by atoms with Crippen LogP contribution in [0.15, 0.2) is 36.4 Å². The minimum atomic E-state index is -0.571. The lowest BCUT2D eigenvalue weighted by molar-refractivity contribution is -0.122. The van der Waals surface area contributed by atoms with Crippen molar-refractivity contribution in [1.29, 1.82) is 0 Å². The monoisotopic (exact) mass is 354 g/mol. The molecule has 26 heavy (non-hydrogen) atoms. The van der Waals surface area contributed by atoms with Gasteiger partial charge in [0.25, 0.3) is 5.91 Å². The van der Waals surface area contributed by atoms with Crippen LogP contribution in [0.25, 0.3) is 0 Å². The van der Waals surface area contributed by atoms with Crippen LogP contribution < -0.4 is 15.0 Å². The molecule has 0 unspecified atom stereocenters. The van der Waals surface area contributed by atoms with Crippen LogP contribution >= 0.6 is 0 Å². The Morgan fingerprint density at radius 1 is 1.04 bits per heavy atom. The van der Waals surface area contributed by atoms with Crippen molar-refractivity contribution >= 4 is 17.3 Å². The quantitative estimate of drug-likeness (QED) is 0.772. The van der Waals surface area contributed by atoms with Crippen molar-refractivity contribution in [3.05, 3.63) is 53.1 Å². The zero-order valence-electron chi connectivity index (χ0n) is 16.7. The summed E-state index contributed by atoms with van der Waals surface area (Å²) in [7, 11) is 0. The van der Waals surface area contributed by atoms with Crippen molar-refractivity contribution in [3.8, 4) is 5.75 Å². The van der Waals surface area contributed by atoms with Crippen LogP contribution in [0.1, 0.15) is 37.5 Å². The van der Waals surface area contributed by atoms with E-state index in [-0.39, 0.29) is 5.91 Å². The lowest BCUT2D eigenvalue weighted by Gasteiger charge is -2.22. The Hall–Kier alpha value is -2.49. The smallest absolute Gasteiger partial charge is 0.265 e. The molecule has 0 spiro atoms. The lowest BCUT2D eigenvalue weighted by atomic mass is 10.1. The first kappa shape index (κ1) is 19.8. The zero-order valence-corrected chi connectivity index (χ0v) is 16.7. The average molecular weight is 354 g/mol. The third kappa shape index (κ3) is 4.78. The molecule has 0 aliphatic heterocycles. The van der Waals surface area contributed by atoms with Gasteiger partial charge < -0.3 is 15.0 Å². The molecule has 0 fully saturated rings. The molecule has 0 heterocycles. The maximum Gasteiger partial charge on any atom is 0.265 e. The number of nitrogens with one attached hydrogen (secondary N) is 1. The van der Waals surface area contributed by atoms with Gasteiger partial charge in [0, 0.05) is 24.5 Å². The number of anilines is 2. The average Bonchev–Trinajstić information content (AvgIpc) is 2.60. The first-order valence-electron chi connectivity index (χ1n) is 9.26. The van der Waals surface area contributed by atoms with Crippen LogP contribution in [-0.4, -0.2) is 25.1 Å². The second-order valence-corrected chi connectivity index (χ2v) is 6.69. The van der Waals surface area contributed by atoms with Crippen LogP contribution in [-0.2, 0) is 4.79 Å². The summed E-state index contributed by atoms with van der Waals surface area (Å²) in [6.45, 7) is 14.0. The highest BCUT2D eigenvalue weighted by Gasteiger charge is 2.17. The predicted molar refractivity (Wildman–Crippen MR) is 109 cm³/mol. The summed E-state index contributed by atoms with van der Waals surface area (Å²) >= 11 is 0. The second kappa shape index (κ2) is 8.75. The van der Waals surface area contributed by atoms with Gasteiger partial charge in [-0.05, 0) is 76.9 Å². The molecule has 140 valence electrons. The maximum atomic E-state index is 12.5. The molecule has 0 bridgehead atoms. The van der Waals surface area contributed by atoms with Gasteiger partial charge in [-0.25, -0.2) is 0 Å². The maximum absolute atomic E-state index is 12.5. The number of ether oxygens (including phenoxy) is 1. The lowest BCUT2D eigenvalue weighted by Crippen LogP contribution is -2.30. The summed E-state index contributed by atoms with van der Waals surface area (Å²) in [5.41, 5.74) is 5.24. The van der Waals surface area contributed by atoms with E-state index >= 15 is 0 Å². The van der Waals surface area contributed by atoms with Gasteiger partial charge in [0.1, 0.15) is 5.75 Å². The van der Waals surface area contributed by atoms with E-state index in [9.17, 15) is 4.79 Å². The van der Waals surface area contributed by atoms with Gasteiger partial charge >= 0.3 is 0 Å². The third-order valence-corrected chi connectivity index (χ3v) is 4.60. The van der Waals surface area contributed by atoms with Gasteiger partial charge in [-0.15, -0.1) is 0 Å². The van der Waals surface area contributed by atoms with E-state index in [0.29, 0.717) is 0 Å². The Bertz CT molecular complexity index is 767. The molecular formula is C22H30N2O2. The van der Waals surface area contributed by atoms with Gasteiger partial charge in [0.05, 0.1) is 0 Å². The van der Waals surface area contributed by atoms with E-state index in [1.165, 1.54) is 11.3 Å². The third-order valence-electron chi connectivity index (χ3n) is 4.60. The Kier molecular flexibility index (Phi) is 6.67. The fourth-order valence-corrected chi connectivity index (χ4v) is 2.98. The summed E-state index contributed by atoms with van der Waals surface area (Å²) in [5, 5.41) is 2.98. The van der Waals surface area contributed by atoms with Crippen molar-refractivity contribution in [1.82, 2.24) is 0 Å². The molecular weight excluding hydrogens is 324 g/mol. The number of amides is 1. The molecule has 2 aromatic carbocycles. The molecule has 1 atom stereocenters. The summed E-state index contributed by atoms with van der Waals surface area (Å²) < 4.78 is 5.85. The van der Waals surface area contributed by atoms with Crippen molar-refractivity contribution in [2.45, 2.75) is 47.6 Å². The Balaban J connectivity index is 2.06. The fraction of sp³-hybridized carbons (Fsp3) is 0.409. The molecule has 0 aliphatic rings. The van der Waals surface area contributed by atoms with Crippen LogP contribution in [0, 0.1) is 20.8 Å². The molecule has 2 rings (SSSR count). The van der Waals surface area contributed by atoms with Crippen molar-refractivity contribution in [2.24, 2.45) is 0 Å². The Morgan fingerprint density at radius 3 is 2.31 bits per heavy atom. The highest BCUT2D eigenvalue weighted by molar-refractivity contribution is 5.95. The van der Waals surface area contributed by atoms with Crippen molar-refractivity contribution < 1.29 is 9.53 Å². The SMILES string of the molecule is CCN(CC)c1ccc(NC(=O)[C@H](C)Oc2ccc(C)cc2C)c(C)c1. The molecule has 0 saturated heterocycles. The van der Waals surface area contributed by atoms with Crippen LogP contribution in [0.4, 0.5) is 11.4 Å². The van der Waals surface area contributed by atoms with E-state index in [2.05, 4.69) is 36.2 Å². The number of hydrogen-bond donors (Lipinski definition) is 1. The number of aryl methyl sites for hydroxylation is 3. The highest BCUT2D eigenvalue weighted by Crippen LogP contribution is 2.24. The largest absolute Gasteiger partial charge is 0.481 e. The van der Waals surface area contributed by atoms with Crippen LogP contribution in [0.2, 0.25) is 0 Å². The summed E-state index contributed by atoms with van der Waals surface area (Å²) in [6.07, 6.45) is -0.571. The molecule has 1 N–H and O–H groups in total. The first-order valence-corrected chi connectivity index (χ1v) is 9.26. The topological polar surface area (TPSA) is 41.6 Å². The van der Waals surface area contributed by atoms with Gasteiger partial charge in [0.15, 0.2) is 6.10 Å². The molecule has 1 amide bonds. The summed E-state index contributed by atoms with van der Waals surface area (Å²) in [4.78, 5) is 14.8. The number of nitrogens with zero attached hydrogens (tertiary/aromatic N) is 1. The van der Waals surface area contributed by atoms with E-state index in [1.807, 2.05) is 45.0 Å². The second-order valence-electron chi connectivity index (χ2n) is 6.69. The van der Waals surface area contributed by atoms with Gasteiger partial charge in [0.2, 0.25) is 0 Å². The van der Waals surface area contributed by atoms with Crippen molar-refractivity contribution in [2.75, 3.05) is 23.3 Å². The van der Waals surface area contributed by atoms with Gasteiger partial charge in [-0.2, -0.15) is 0 Å². The Labute approximate surface area is 157 Å². The number of carbonyl (C=O) groups is 1. The molecule has 2 aromatic rings. The van der Waals surface area contributed by atoms with E-state index in [4.69, 9.17) is 4.74 Å². The zero-order chi connectivity index (χ0) is 19.3. The Morgan fingerprint density at radius 2 is 1.73 bits per heavy atom. The first-order chi connectivity index (χ1) is 12.3.